The Morgan fingerprint density at radius 3 is 2.33 bits per heavy atom. The van der Waals surface area contributed by atoms with Gasteiger partial charge in [-0.2, -0.15) is 0 Å². The van der Waals surface area contributed by atoms with Gasteiger partial charge in [0.25, 0.3) is 0 Å². The van der Waals surface area contributed by atoms with Crippen molar-refractivity contribution in [2.45, 2.75) is 44.7 Å². The van der Waals surface area contributed by atoms with Crippen molar-refractivity contribution < 1.29 is 4.79 Å². The number of amides is 1. The standard InChI is InChI=1S/C15H23NOS/c1-11(2)12(3)16-15(17)13(4)18-10-14-8-6-5-7-9-14/h5-9,11-13H,10H2,1-4H3,(H,16,17). The molecule has 100 valence electrons. The van der Waals surface area contributed by atoms with E-state index in [0.717, 1.165) is 5.75 Å². The molecular formula is C15H23NOS. The van der Waals surface area contributed by atoms with Crippen molar-refractivity contribution in [2.24, 2.45) is 5.92 Å². The number of hydrogen-bond acceptors (Lipinski definition) is 2. The van der Waals surface area contributed by atoms with Gasteiger partial charge in [-0.05, 0) is 25.3 Å². The van der Waals surface area contributed by atoms with Crippen molar-refractivity contribution >= 4 is 17.7 Å². The largest absolute Gasteiger partial charge is 0.352 e. The molecule has 0 bridgehead atoms. The van der Waals surface area contributed by atoms with E-state index in [1.54, 1.807) is 11.8 Å². The lowest BCUT2D eigenvalue weighted by atomic mass is 10.1. The Balaban J connectivity index is 2.36. The van der Waals surface area contributed by atoms with E-state index in [1.165, 1.54) is 5.56 Å². The Kier molecular flexibility index (Phi) is 6.27. The van der Waals surface area contributed by atoms with Crippen molar-refractivity contribution in [1.29, 1.82) is 0 Å². The lowest BCUT2D eigenvalue weighted by Crippen LogP contribution is -2.40. The molecule has 1 aromatic carbocycles. The van der Waals surface area contributed by atoms with Gasteiger partial charge in [0.2, 0.25) is 5.91 Å². The van der Waals surface area contributed by atoms with Gasteiger partial charge in [-0.1, -0.05) is 44.2 Å². The summed E-state index contributed by atoms with van der Waals surface area (Å²) >= 11 is 1.68. The van der Waals surface area contributed by atoms with E-state index in [-0.39, 0.29) is 17.2 Å². The van der Waals surface area contributed by atoms with Gasteiger partial charge in [0.1, 0.15) is 0 Å². The van der Waals surface area contributed by atoms with Crippen molar-refractivity contribution in [2.75, 3.05) is 0 Å². The number of hydrogen-bond donors (Lipinski definition) is 1. The summed E-state index contributed by atoms with van der Waals surface area (Å²) in [5.74, 6) is 1.49. The molecule has 1 N–H and O–H groups in total. The molecule has 0 aliphatic rings. The molecular weight excluding hydrogens is 242 g/mol. The molecule has 0 aromatic heterocycles. The highest BCUT2D eigenvalue weighted by atomic mass is 32.2. The maximum absolute atomic E-state index is 11.9. The van der Waals surface area contributed by atoms with Gasteiger partial charge in [0, 0.05) is 11.8 Å². The molecule has 0 fully saturated rings. The molecule has 2 unspecified atom stereocenters. The molecule has 0 radical (unpaired) electrons. The summed E-state index contributed by atoms with van der Waals surface area (Å²) in [4.78, 5) is 11.9. The fourth-order valence-corrected chi connectivity index (χ4v) is 2.23. The SMILES string of the molecule is CC(SCc1ccccc1)C(=O)NC(C)C(C)C. The average molecular weight is 265 g/mol. The second-order valence-electron chi connectivity index (χ2n) is 4.98. The summed E-state index contributed by atoms with van der Waals surface area (Å²) in [6.07, 6.45) is 0. The van der Waals surface area contributed by atoms with Gasteiger partial charge >= 0.3 is 0 Å². The molecule has 1 amide bonds. The minimum Gasteiger partial charge on any atom is -0.352 e. The number of benzene rings is 1. The zero-order valence-corrected chi connectivity index (χ0v) is 12.5. The molecule has 0 aliphatic carbocycles. The van der Waals surface area contributed by atoms with E-state index in [2.05, 4.69) is 38.2 Å². The van der Waals surface area contributed by atoms with E-state index in [4.69, 9.17) is 0 Å². The Hall–Kier alpha value is -0.960. The Labute approximate surface area is 115 Å². The summed E-state index contributed by atoms with van der Waals surface area (Å²) < 4.78 is 0. The molecule has 0 heterocycles. The van der Waals surface area contributed by atoms with Crippen LogP contribution in [0.4, 0.5) is 0 Å². The third-order valence-corrected chi connectivity index (χ3v) is 4.30. The highest BCUT2D eigenvalue weighted by Crippen LogP contribution is 2.18. The molecule has 1 aromatic rings. The first-order valence-corrected chi connectivity index (χ1v) is 7.51. The Morgan fingerprint density at radius 1 is 1.17 bits per heavy atom. The second-order valence-corrected chi connectivity index (χ2v) is 6.31. The normalized spacial score (nSPS) is 14.3. The maximum atomic E-state index is 11.9. The van der Waals surface area contributed by atoms with Crippen LogP contribution in [0.25, 0.3) is 0 Å². The molecule has 2 nitrogen and oxygen atoms in total. The third kappa shape index (κ3) is 5.13. The van der Waals surface area contributed by atoms with Crippen molar-refractivity contribution in [3.05, 3.63) is 35.9 Å². The molecule has 2 atom stereocenters. The van der Waals surface area contributed by atoms with Crippen LogP contribution in [-0.4, -0.2) is 17.2 Å². The van der Waals surface area contributed by atoms with E-state index >= 15 is 0 Å². The monoisotopic (exact) mass is 265 g/mol. The van der Waals surface area contributed by atoms with Gasteiger partial charge in [0.05, 0.1) is 5.25 Å². The summed E-state index contributed by atoms with van der Waals surface area (Å²) in [5.41, 5.74) is 1.26. The van der Waals surface area contributed by atoms with Crippen molar-refractivity contribution in [3.8, 4) is 0 Å². The summed E-state index contributed by atoms with van der Waals surface area (Å²) in [6, 6.07) is 10.5. The quantitative estimate of drug-likeness (QED) is 0.853. The fourth-order valence-electron chi connectivity index (χ4n) is 1.38. The highest BCUT2D eigenvalue weighted by Gasteiger charge is 2.17. The minimum atomic E-state index is -0.00796. The number of carbonyl (C=O) groups is 1. The first kappa shape index (κ1) is 15.1. The predicted octanol–water partition coefficient (Wildman–Crippen LogP) is 3.47. The van der Waals surface area contributed by atoms with Gasteiger partial charge in [-0.25, -0.2) is 0 Å². The van der Waals surface area contributed by atoms with Gasteiger partial charge in [-0.15, -0.1) is 11.8 Å². The zero-order chi connectivity index (χ0) is 13.5. The van der Waals surface area contributed by atoms with Gasteiger partial charge < -0.3 is 5.32 Å². The molecule has 0 aliphatic heterocycles. The Morgan fingerprint density at radius 2 is 1.78 bits per heavy atom. The maximum Gasteiger partial charge on any atom is 0.233 e. The first-order valence-electron chi connectivity index (χ1n) is 6.46. The Bertz CT molecular complexity index is 364. The van der Waals surface area contributed by atoms with Crippen LogP contribution in [0.2, 0.25) is 0 Å². The van der Waals surface area contributed by atoms with Crippen LogP contribution >= 0.6 is 11.8 Å². The molecule has 0 saturated heterocycles. The molecule has 0 spiro atoms. The average Bonchev–Trinajstić information content (AvgIpc) is 2.36. The van der Waals surface area contributed by atoms with E-state index in [0.29, 0.717) is 5.92 Å². The second kappa shape index (κ2) is 7.47. The van der Waals surface area contributed by atoms with Crippen LogP contribution in [0.1, 0.15) is 33.3 Å². The van der Waals surface area contributed by atoms with Crippen LogP contribution in [0.3, 0.4) is 0 Å². The zero-order valence-electron chi connectivity index (χ0n) is 11.6. The van der Waals surface area contributed by atoms with Crippen molar-refractivity contribution in [3.63, 3.8) is 0 Å². The summed E-state index contributed by atoms with van der Waals surface area (Å²) in [5, 5.41) is 3.05. The molecule has 1 rings (SSSR count). The highest BCUT2D eigenvalue weighted by molar-refractivity contribution is 7.99. The smallest absolute Gasteiger partial charge is 0.233 e. The fraction of sp³-hybridized carbons (Fsp3) is 0.533. The lowest BCUT2D eigenvalue weighted by Gasteiger charge is -2.20. The number of rotatable bonds is 6. The van der Waals surface area contributed by atoms with Crippen molar-refractivity contribution in [1.82, 2.24) is 5.32 Å². The van der Waals surface area contributed by atoms with Crippen LogP contribution < -0.4 is 5.32 Å². The number of thioether (sulfide) groups is 1. The summed E-state index contributed by atoms with van der Waals surface area (Å²) in [6.45, 7) is 8.26. The number of nitrogens with one attached hydrogen (secondary N) is 1. The van der Waals surface area contributed by atoms with Gasteiger partial charge in [0.15, 0.2) is 0 Å². The van der Waals surface area contributed by atoms with Crippen LogP contribution in [0.15, 0.2) is 30.3 Å². The lowest BCUT2D eigenvalue weighted by molar-refractivity contribution is -0.121. The minimum absolute atomic E-state index is 0.00796. The topological polar surface area (TPSA) is 29.1 Å². The van der Waals surface area contributed by atoms with E-state index < -0.39 is 0 Å². The van der Waals surface area contributed by atoms with E-state index in [9.17, 15) is 4.79 Å². The third-order valence-electron chi connectivity index (χ3n) is 3.08. The van der Waals surface area contributed by atoms with Crippen LogP contribution in [0.5, 0.6) is 0 Å². The van der Waals surface area contributed by atoms with Crippen LogP contribution in [-0.2, 0) is 10.5 Å². The summed E-state index contributed by atoms with van der Waals surface area (Å²) in [7, 11) is 0. The molecule has 0 saturated carbocycles. The van der Waals surface area contributed by atoms with Gasteiger partial charge in [-0.3, -0.25) is 4.79 Å². The number of carbonyl (C=O) groups excluding carboxylic acids is 1. The van der Waals surface area contributed by atoms with Crippen LogP contribution in [0, 0.1) is 5.92 Å². The molecule has 3 heteroatoms. The van der Waals surface area contributed by atoms with E-state index in [1.807, 2.05) is 25.1 Å². The predicted molar refractivity (Wildman–Crippen MR) is 79.6 cm³/mol. The molecule has 18 heavy (non-hydrogen) atoms. The first-order chi connectivity index (χ1) is 8.50.